The van der Waals surface area contributed by atoms with Gasteiger partial charge in [-0.05, 0) is 74.2 Å². The molecule has 0 unspecified atom stereocenters. The van der Waals surface area contributed by atoms with Gasteiger partial charge in [0, 0.05) is 5.69 Å². The fourth-order valence-corrected chi connectivity index (χ4v) is 3.59. The molecule has 1 heterocycles. The van der Waals surface area contributed by atoms with Gasteiger partial charge in [-0.2, -0.15) is 0 Å². The molecule has 0 saturated heterocycles. The second-order valence-corrected chi connectivity index (χ2v) is 7.82. The molecule has 4 heteroatoms. The third kappa shape index (κ3) is 3.52. The van der Waals surface area contributed by atoms with Gasteiger partial charge in [-0.1, -0.05) is 48.0 Å². The topological polar surface area (TPSA) is 49.4 Å². The van der Waals surface area contributed by atoms with Gasteiger partial charge in [-0.3, -0.25) is 9.59 Å². The van der Waals surface area contributed by atoms with Crippen LogP contribution in [0, 0.1) is 27.7 Å². The molecular formula is C26H24N2O2. The third-order valence-electron chi connectivity index (χ3n) is 5.46. The first kappa shape index (κ1) is 19.6. The fraction of sp³-hybridized carbons (Fsp3) is 0.154. The van der Waals surface area contributed by atoms with Gasteiger partial charge in [0.25, 0.3) is 11.8 Å². The summed E-state index contributed by atoms with van der Waals surface area (Å²) in [4.78, 5) is 28.2. The van der Waals surface area contributed by atoms with Gasteiger partial charge < -0.3 is 5.32 Å². The Morgan fingerprint density at radius 2 is 1.43 bits per heavy atom. The van der Waals surface area contributed by atoms with E-state index in [1.807, 2.05) is 88.4 Å². The van der Waals surface area contributed by atoms with Crippen LogP contribution in [0.5, 0.6) is 0 Å². The molecule has 0 saturated carbocycles. The number of nitrogens with zero attached hydrogens (tertiary/aromatic N) is 1. The summed E-state index contributed by atoms with van der Waals surface area (Å²) >= 11 is 0. The summed E-state index contributed by atoms with van der Waals surface area (Å²) in [5.41, 5.74) is 7.10. The Labute approximate surface area is 176 Å². The number of benzene rings is 3. The van der Waals surface area contributed by atoms with Crippen molar-refractivity contribution in [1.29, 1.82) is 0 Å². The molecule has 0 atom stereocenters. The van der Waals surface area contributed by atoms with Crippen LogP contribution in [0.1, 0.15) is 27.8 Å². The van der Waals surface area contributed by atoms with Crippen molar-refractivity contribution >= 4 is 28.8 Å². The molecule has 0 aliphatic carbocycles. The molecule has 0 spiro atoms. The Hall–Kier alpha value is -3.66. The maximum absolute atomic E-state index is 13.5. The number of hydrogen-bond donors (Lipinski definition) is 1. The van der Waals surface area contributed by atoms with Crippen LogP contribution in [-0.4, -0.2) is 11.8 Å². The zero-order chi connectivity index (χ0) is 21.4. The van der Waals surface area contributed by atoms with Gasteiger partial charge in [0.1, 0.15) is 5.70 Å². The van der Waals surface area contributed by atoms with E-state index in [2.05, 4.69) is 5.32 Å². The van der Waals surface area contributed by atoms with E-state index in [0.717, 1.165) is 33.5 Å². The van der Waals surface area contributed by atoms with Crippen molar-refractivity contribution in [2.45, 2.75) is 27.7 Å². The molecule has 0 radical (unpaired) electrons. The Morgan fingerprint density at radius 1 is 0.700 bits per heavy atom. The molecule has 30 heavy (non-hydrogen) atoms. The molecule has 4 rings (SSSR count). The molecule has 0 aromatic heterocycles. The number of rotatable bonds is 4. The van der Waals surface area contributed by atoms with E-state index in [1.54, 1.807) is 6.07 Å². The minimum Gasteiger partial charge on any atom is -0.350 e. The predicted octanol–water partition coefficient (Wildman–Crippen LogP) is 5.32. The third-order valence-corrected chi connectivity index (χ3v) is 5.46. The fourth-order valence-electron chi connectivity index (χ4n) is 3.59. The number of nitrogens with one attached hydrogen (secondary N) is 1. The quantitative estimate of drug-likeness (QED) is 0.608. The van der Waals surface area contributed by atoms with Crippen LogP contribution in [-0.2, 0) is 9.59 Å². The Kier molecular flexibility index (Phi) is 5.00. The van der Waals surface area contributed by atoms with Crippen molar-refractivity contribution < 1.29 is 9.59 Å². The van der Waals surface area contributed by atoms with E-state index >= 15 is 0 Å². The smallest absolute Gasteiger partial charge is 0.282 e. The zero-order valence-corrected chi connectivity index (χ0v) is 17.6. The molecule has 1 N–H and O–H groups in total. The largest absolute Gasteiger partial charge is 0.350 e. The van der Waals surface area contributed by atoms with Crippen LogP contribution in [0.15, 0.2) is 72.4 Å². The van der Waals surface area contributed by atoms with E-state index in [9.17, 15) is 9.59 Å². The maximum Gasteiger partial charge on any atom is 0.282 e. The van der Waals surface area contributed by atoms with Gasteiger partial charge in [-0.15, -0.1) is 0 Å². The maximum atomic E-state index is 13.5. The van der Waals surface area contributed by atoms with Crippen LogP contribution in [0.25, 0.3) is 5.57 Å². The van der Waals surface area contributed by atoms with E-state index in [4.69, 9.17) is 0 Å². The zero-order valence-electron chi connectivity index (χ0n) is 17.6. The Morgan fingerprint density at radius 3 is 2.10 bits per heavy atom. The summed E-state index contributed by atoms with van der Waals surface area (Å²) in [5.74, 6) is -0.664. The second-order valence-electron chi connectivity index (χ2n) is 7.82. The summed E-state index contributed by atoms with van der Waals surface area (Å²) < 4.78 is 0. The summed E-state index contributed by atoms with van der Waals surface area (Å²) in [6.07, 6.45) is 0. The highest BCUT2D eigenvalue weighted by molar-refractivity contribution is 6.46. The van der Waals surface area contributed by atoms with E-state index in [1.165, 1.54) is 4.90 Å². The minimum absolute atomic E-state index is 0.300. The summed E-state index contributed by atoms with van der Waals surface area (Å²) in [6.45, 7) is 7.98. The van der Waals surface area contributed by atoms with Crippen LogP contribution in [0.3, 0.4) is 0 Å². The first-order valence-electron chi connectivity index (χ1n) is 9.96. The van der Waals surface area contributed by atoms with Gasteiger partial charge in [0.2, 0.25) is 0 Å². The van der Waals surface area contributed by atoms with E-state index < -0.39 is 0 Å². The van der Waals surface area contributed by atoms with Crippen LogP contribution >= 0.6 is 0 Å². The van der Waals surface area contributed by atoms with Crippen molar-refractivity contribution in [3.05, 3.63) is 100 Å². The highest BCUT2D eigenvalue weighted by Crippen LogP contribution is 2.34. The molecule has 0 bridgehead atoms. The molecule has 150 valence electrons. The normalized spacial score (nSPS) is 13.9. The van der Waals surface area contributed by atoms with E-state index in [-0.39, 0.29) is 11.8 Å². The number of anilines is 2. The summed E-state index contributed by atoms with van der Waals surface area (Å²) in [5, 5.41) is 3.21. The molecule has 4 nitrogen and oxygen atoms in total. The lowest BCUT2D eigenvalue weighted by Crippen LogP contribution is -2.32. The Balaban J connectivity index is 1.84. The minimum atomic E-state index is -0.348. The monoisotopic (exact) mass is 396 g/mol. The highest BCUT2D eigenvalue weighted by atomic mass is 16.2. The molecule has 1 aliphatic rings. The first-order valence-corrected chi connectivity index (χ1v) is 9.96. The van der Waals surface area contributed by atoms with E-state index in [0.29, 0.717) is 17.0 Å². The number of amides is 2. The van der Waals surface area contributed by atoms with Crippen LogP contribution in [0.2, 0.25) is 0 Å². The summed E-state index contributed by atoms with van der Waals surface area (Å²) in [6, 6.07) is 21.0. The van der Waals surface area contributed by atoms with Gasteiger partial charge in [0.05, 0.1) is 11.3 Å². The molecular weight excluding hydrogens is 372 g/mol. The summed E-state index contributed by atoms with van der Waals surface area (Å²) in [7, 11) is 0. The number of carbonyl (C=O) groups is 2. The number of imide groups is 1. The number of carbonyl (C=O) groups excluding carboxylic acids is 2. The molecule has 3 aromatic rings. The lowest BCUT2D eigenvalue weighted by molar-refractivity contribution is -0.120. The lowest BCUT2D eigenvalue weighted by atomic mass is 9.99. The Bertz CT molecular complexity index is 1190. The molecule has 0 fully saturated rings. The average Bonchev–Trinajstić information content (AvgIpc) is 2.95. The van der Waals surface area contributed by atoms with Gasteiger partial charge in [-0.25, -0.2) is 4.90 Å². The van der Waals surface area contributed by atoms with Crippen molar-refractivity contribution in [3.8, 4) is 0 Å². The van der Waals surface area contributed by atoms with Gasteiger partial charge in [0.15, 0.2) is 0 Å². The second kappa shape index (κ2) is 7.64. The van der Waals surface area contributed by atoms with Crippen LogP contribution in [0.4, 0.5) is 11.4 Å². The number of aryl methyl sites for hydroxylation is 4. The van der Waals surface area contributed by atoms with Crippen molar-refractivity contribution in [2.24, 2.45) is 0 Å². The molecule has 1 aliphatic heterocycles. The van der Waals surface area contributed by atoms with Crippen molar-refractivity contribution in [1.82, 2.24) is 0 Å². The first-order chi connectivity index (χ1) is 14.3. The van der Waals surface area contributed by atoms with Gasteiger partial charge >= 0.3 is 0 Å². The predicted molar refractivity (Wildman–Crippen MR) is 121 cm³/mol. The number of hydrogen-bond acceptors (Lipinski definition) is 3. The molecule has 3 aromatic carbocycles. The lowest BCUT2D eigenvalue weighted by Gasteiger charge is -2.16. The SMILES string of the molecule is Cc1ccc(NC2=C(c3ccc(C)c(C)c3)C(=O)N(c3cccc(C)c3)C2=O)cc1. The standard InChI is InChI=1S/C26H24N2O2/c1-16-8-12-21(13-9-16)27-24-23(20-11-10-18(3)19(4)15-20)25(29)28(26(24)30)22-7-5-6-17(2)14-22/h5-15,27H,1-4H3. The average molecular weight is 396 g/mol. The van der Waals surface area contributed by atoms with Crippen molar-refractivity contribution in [3.63, 3.8) is 0 Å². The highest BCUT2D eigenvalue weighted by Gasteiger charge is 2.40. The molecule has 2 amide bonds. The van der Waals surface area contributed by atoms with Crippen LogP contribution < -0.4 is 10.2 Å². The van der Waals surface area contributed by atoms with Crippen molar-refractivity contribution in [2.75, 3.05) is 10.2 Å².